The molecule has 0 spiro atoms. The zero-order valence-corrected chi connectivity index (χ0v) is 11.1. The third kappa shape index (κ3) is 4.72. The van der Waals surface area contributed by atoms with Crippen LogP contribution in [-0.2, 0) is 6.54 Å². The predicted molar refractivity (Wildman–Crippen MR) is 77.2 cm³/mol. The molecule has 0 unspecified atom stereocenters. The van der Waals surface area contributed by atoms with Gasteiger partial charge in [0.15, 0.2) is 0 Å². The van der Waals surface area contributed by atoms with Gasteiger partial charge in [-0.2, -0.15) is 0 Å². The van der Waals surface area contributed by atoms with E-state index in [9.17, 15) is 13.6 Å². The van der Waals surface area contributed by atoms with Gasteiger partial charge in [0.1, 0.15) is 11.6 Å². The van der Waals surface area contributed by atoms with Crippen LogP contribution in [0.3, 0.4) is 0 Å². The quantitative estimate of drug-likeness (QED) is 0.889. The molecular weight excluding hydrogens is 274 g/mol. The minimum absolute atomic E-state index is 0.205. The molecule has 3 nitrogen and oxygen atoms in total. The first-order chi connectivity index (χ1) is 10.1. The van der Waals surface area contributed by atoms with Crippen LogP contribution in [0.5, 0.6) is 0 Å². The van der Waals surface area contributed by atoms with E-state index < -0.39 is 6.03 Å². The first-order valence-corrected chi connectivity index (χ1v) is 6.35. The van der Waals surface area contributed by atoms with Gasteiger partial charge in [-0.3, -0.25) is 0 Å². The second kappa shape index (κ2) is 7.19. The zero-order valence-electron chi connectivity index (χ0n) is 11.1. The van der Waals surface area contributed by atoms with E-state index >= 15 is 0 Å². The summed E-state index contributed by atoms with van der Waals surface area (Å²) in [4.78, 5) is 11.5. The standard InChI is InChI=1S/C16H14F2N2O/c17-14-6-3-4-12(10-14)11-20-16(21)19-9-8-13-5-1-2-7-15(13)18/h1-10H,11H2,(H2,19,20,21)/b9-8+. The lowest BCUT2D eigenvalue weighted by molar-refractivity contribution is 0.244. The van der Waals surface area contributed by atoms with Crippen molar-refractivity contribution in [3.63, 3.8) is 0 Å². The Kier molecular flexibility index (Phi) is 5.04. The fourth-order valence-corrected chi connectivity index (χ4v) is 1.70. The fraction of sp³-hybridized carbons (Fsp3) is 0.0625. The molecule has 21 heavy (non-hydrogen) atoms. The number of hydrogen-bond acceptors (Lipinski definition) is 1. The van der Waals surface area contributed by atoms with Gasteiger partial charge in [-0.25, -0.2) is 13.6 Å². The first-order valence-electron chi connectivity index (χ1n) is 6.35. The molecule has 0 aliphatic heterocycles. The smallest absolute Gasteiger partial charge is 0.319 e. The van der Waals surface area contributed by atoms with Crippen molar-refractivity contribution in [3.05, 3.63) is 77.5 Å². The van der Waals surface area contributed by atoms with Crippen LogP contribution < -0.4 is 10.6 Å². The van der Waals surface area contributed by atoms with Crippen molar-refractivity contribution in [2.75, 3.05) is 0 Å². The topological polar surface area (TPSA) is 41.1 Å². The van der Waals surface area contributed by atoms with Crippen LogP contribution in [0.15, 0.2) is 54.7 Å². The SMILES string of the molecule is O=C(N/C=C/c1ccccc1F)NCc1cccc(F)c1. The molecule has 0 fully saturated rings. The maximum absolute atomic E-state index is 13.3. The molecule has 2 aromatic rings. The maximum Gasteiger partial charge on any atom is 0.319 e. The number of benzene rings is 2. The van der Waals surface area contributed by atoms with Gasteiger partial charge in [-0.1, -0.05) is 30.3 Å². The molecule has 5 heteroatoms. The Bertz CT molecular complexity index is 656. The number of carbonyl (C=O) groups is 1. The highest BCUT2D eigenvalue weighted by Crippen LogP contribution is 2.07. The summed E-state index contributed by atoms with van der Waals surface area (Å²) in [5.41, 5.74) is 1.03. The summed E-state index contributed by atoms with van der Waals surface area (Å²) in [6.07, 6.45) is 2.80. The highest BCUT2D eigenvalue weighted by atomic mass is 19.1. The maximum atomic E-state index is 13.3. The van der Waals surface area contributed by atoms with E-state index in [0.717, 1.165) is 0 Å². The van der Waals surface area contributed by atoms with Crippen LogP contribution in [-0.4, -0.2) is 6.03 Å². The van der Waals surface area contributed by atoms with Crippen LogP contribution in [0.25, 0.3) is 6.08 Å². The molecule has 2 amide bonds. The minimum atomic E-state index is -0.452. The summed E-state index contributed by atoms with van der Waals surface area (Å²) in [5, 5.41) is 5.02. The van der Waals surface area contributed by atoms with Gasteiger partial charge in [-0.15, -0.1) is 0 Å². The molecular formula is C16H14F2N2O. The normalized spacial score (nSPS) is 10.6. The van der Waals surface area contributed by atoms with Crippen LogP contribution in [0, 0.1) is 11.6 Å². The number of hydrogen-bond donors (Lipinski definition) is 2. The Morgan fingerprint density at radius 1 is 1.10 bits per heavy atom. The van der Waals surface area contributed by atoms with Crippen LogP contribution in [0.2, 0.25) is 0 Å². The van der Waals surface area contributed by atoms with Gasteiger partial charge in [0.05, 0.1) is 0 Å². The van der Waals surface area contributed by atoms with Gasteiger partial charge < -0.3 is 10.6 Å². The molecule has 0 aromatic heterocycles. The van der Waals surface area contributed by atoms with Crippen molar-refractivity contribution in [2.24, 2.45) is 0 Å². The zero-order chi connectivity index (χ0) is 15.1. The number of carbonyl (C=O) groups excluding carboxylic acids is 1. The fourth-order valence-electron chi connectivity index (χ4n) is 1.70. The molecule has 0 heterocycles. The molecule has 0 saturated carbocycles. The van der Waals surface area contributed by atoms with Crippen LogP contribution >= 0.6 is 0 Å². The third-order valence-electron chi connectivity index (χ3n) is 2.72. The van der Waals surface area contributed by atoms with E-state index in [0.29, 0.717) is 11.1 Å². The van der Waals surface area contributed by atoms with Crippen molar-refractivity contribution >= 4 is 12.1 Å². The summed E-state index contributed by atoms with van der Waals surface area (Å²) in [7, 11) is 0. The highest BCUT2D eigenvalue weighted by Gasteiger charge is 2.00. The molecule has 0 radical (unpaired) electrons. The van der Waals surface area contributed by atoms with Crippen molar-refractivity contribution in [2.45, 2.75) is 6.54 Å². The summed E-state index contributed by atoms with van der Waals surface area (Å²) in [5.74, 6) is -0.718. The van der Waals surface area contributed by atoms with Gasteiger partial charge in [0.2, 0.25) is 0 Å². The van der Waals surface area contributed by atoms with E-state index in [2.05, 4.69) is 10.6 Å². The molecule has 2 N–H and O–H groups in total. The van der Waals surface area contributed by atoms with E-state index in [-0.39, 0.29) is 18.2 Å². The Labute approximate surface area is 121 Å². The molecule has 0 aliphatic carbocycles. The Hall–Kier alpha value is -2.69. The molecule has 0 aliphatic rings. The molecule has 2 aromatic carbocycles. The van der Waals surface area contributed by atoms with Gasteiger partial charge in [-0.05, 0) is 29.8 Å². The summed E-state index contributed by atoms with van der Waals surface area (Å²) >= 11 is 0. The summed E-state index contributed by atoms with van der Waals surface area (Å²) in [6.45, 7) is 0.205. The summed E-state index contributed by atoms with van der Waals surface area (Å²) < 4.78 is 26.3. The van der Waals surface area contributed by atoms with Gasteiger partial charge >= 0.3 is 6.03 Å². The van der Waals surface area contributed by atoms with Crippen molar-refractivity contribution < 1.29 is 13.6 Å². The number of urea groups is 1. The predicted octanol–water partition coefficient (Wildman–Crippen LogP) is 3.43. The third-order valence-corrected chi connectivity index (χ3v) is 2.72. The molecule has 2 rings (SSSR count). The Morgan fingerprint density at radius 3 is 2.67 bits per heavy atom. The molecule has 0 atom stereocenters. The summed E-state index contributed by atoms with van der Waals surface area (Å²) in [6, 6.07) is 11.7. The molecule has 0 bridgehead atoms. The van der Waals surface area contributed by atoms with Crippen LogP contribution in [0.4, 0.5) is 13.6 Å². The van der Waals surface area contributed by atoms with Crippen molar-refractivity contribution in [1.82, 2.24) is 10.6 Å². The number of nitrogens with one attached hydrogen (secondary N) is 2. The van der Waals surface area contributed by atoms with Crippen LogP contribution in [0.1, 0.15) is 11.1 Å². The van der Waals surface area contributed by atoms with E-state index in [4.69, 9.17) is 0 Å². The largest absolute Gasteiger partial charge is 0.334 e. The average molecular weight is 288 g/mol. The molecule has 0 saturated heterocycles. The van der Waals surface area contributed by atoms with Crippen molar-refractivity contribution in [3.8, 4) is 0 Å². The first kappa shape index (κ1) is 14.7. The van der Waals surface area contributed by atoms with E-state index in [1.807, 2.05) is 0 Å². The van der Waals surface area contributed by atoms with Crippen molar-refractivity contribution in [1.29, 1.82) is 0 Å². The molecule has 108 valence electrons. The van der Waals surface area contributed by atoms with E-state index in [1.165, 1.54) is 30.5 Å². The second-order valence-electron chi connectivity index (χ2n) is 4.31. The number of halogens is 2. The van der Waals surface area contributed by atoms with Gasteiger partial charge in [0, 0.05) is 18.3 Å². The number of amides is 2. The van der Waals surface area contributed by atoms with E-state index in [1.54, 1.807) is 30.3 Å². The lowest BCUT2D eigenvalue weighted by Crippen LogP contribution is -2.31. The Morgan fingerprint density at radius 2 is 1.90 bits per heavy atom. The highest BCUT2D eigenvalue weighted by molar-refractivity contribution is 5.75. The number of rotatable bonds is 4. The lowest BCUT2D eigenvalue weighted by Gasteiger charge is -2.05. The second-order valence-corrected chi connectivity index (χ2v) is 4.31. The monoisotopic (exact) mass is 288 g/mol. The Balaban J connectivity index is 1.81. The lowest BCUT2D eigenvalue weighted by atomic mass is 10.2. The van der Waals surface area contributed by atoms with Gasteiger partial charge in [0.25, 0.3) is 0 Å². The minimum Gasteiger partial charge on any atom is -0.334 e. The average Bonchev–Trinajstić information content (AvgIpc) is 2.47.